The molecule has 1 aliphatic heterocycles. The number of sulfone groups is 1. The van der Waals surface area contributed by atoms with Crippen LogP contribution in [0.3, 0.4) is 0 Å². The molecule has 8 nitrogen and oxygen atoms in total. The van der Waals surface area contributed by atoms with Gasteiger partial charge in [0.2, 0.25) is 0 Å². The lowest BCUT2D eigenvalue weighted by Gasteiger charge is -2.22. The SMILES string of the molecule is CN(C1CCS(=O)(=O)C1)S(=O)(=O)c1[nH]ncc1CO. The number of nitrogens with zero attached hydrogens (tertiary/aromatic N) is 2. The minimum atomic E-state index is -3.88. The quantitative estimate of drug-likeness (QED) is 0.714. The molecular weight excluding hydrogens is 294 g/mol. The van der Waals surface area contributed by atoms with Crippen LogP contribution >= 0.6 is 0 Å². The van der Waals surface area contributed by atoms with Crippen LogP contribution in [0.1, 0.15) is 12.0 Å². The summed E-state index contributed by atoms with van der Waals surface area (Å²) in [6.45, 7) is -0.456. The monoisotopic (exact) mass is 309 g/mol. The van der Waals surface area contributed by atoms with Crippen LogP contribution < -0.4 is 0 Å². The lowest BCUT2D eigenvalue weighted by molar-refractivity contribution is 0.277. The van der Waals surface area contributed by atoms with Crippen molar-refractivity contribution in [3.8, 4) is 0 Å². The molecule has 1 saturated heterocycles. The Labute approximate surface area is 111 Å². The second-order valence-corrected chi connectivity index (χ2v) is 8.62. The van der Waals surface area contributed by atoms with Crippen LogP contribution in [0.5, 0.6) is 0 Å². The van der Waals surface area contributed by atoms with Crippen LogP contribution in [-0.2, 0) is 26.5 Å². The van der Waals surface area contributed by atoms with Crippen molar-refractivity contribution in [1.29, 1.82) is 0 Å². The van der Waals surface area contributed by atoms with Crippen LogP contribution in [0.15, 0.2) is 11.2 Å². The minimum Gasteiger partial charge on any atom is -0.392 e. The molecule has 0 aromatic carbocycles. The lowest BCUT2D eigenvalue weighted by atomic mass is 10.3. The van der Waals surface area contributed by atoms with Crippen LogP contribution in [-0.4, -0.2) is 61.0 Å². The van der Waals surface area contributed by atoms with E-state index < -0.39 is 32.5 Å². The molecule has 0 spiro atoms. The fourth-order valence-electron chi connectivity index (χ4n) is 2.04. The van der Waals surface area contributed by atoms with Gasteiger partial charge in [0.05, 0.1) is 24.3 Å². The molecule has 2 rings (SSSR count). The molecule has 1 aromatic rings. The first-order valence-corrected chi connectivity index (χ1v) is 8.85. The lowest BCUT2D eigenvalue weighted by Crippen LogP contribution is -2.38. The van der Waals surface area contributed by atoms with Crippen LogP contribution in [0, 0.1) is 0 Å². The van der Waals surface area contributed by atoms with Gasteiger partial charge in [0.1, 0.15) is 0 Å². The zero-order valence-corrected chi connectivity index (χ0v) is 11.9. The van der Waals surface area contributed by atoms with Gasteiger partial charge in [-0.2, -0.15) is 9.40 Å². The van der Waals surface area contributed by atoms with Gasteiger partial charge in [-0.05, 0) is 6.42 Å². The number of nitrogens with one attached hydrogen (secondary N) is 1. The number of aromatic amines is 1. The van der Waals surface area contributed by atoms with Crippen molar-refractivity contribution in [2.75, 3.05) is 18.6 Å². The van der Waals surface area contributed by atoms with Gasteiger partial charge in [-0.25, -0.2) is 16.8 Å². The number of H-pyrrole nitrogens is 1. The van der Waals surface area contributed by atoms with Crippen molar-refractivity contribution in [3.63, 3.8) is 0 Å². The summed E-state index contributed by atoms with van der Waals surface area (Å²) in [4.78, 5) is 0. The third-order valence-corrected chi connectivity index (χ3v) is 6.88. The molecule has 1 aliphatic rings. The smallest absolute Gasteiger partial charge is 0.260 e. The zero-order chi connectivity index (χ0) is 14.3. The summed E-state index contributed by atoms with van der Waals surface area (Å²) in [5, 5.41) is 14.8. The highest BCUT2D eigenvalue weighted by atomic mass is 32.2. The van der Waals surface area contributed by atoms with Gasteiger partial charge < -0.3 is 5.11 Å². The summed E-state index contributed by atoms with van der Waals surface area (Å²) in [6.07, 6.45) is 1.51. The molecule has 10 heteroatoms. The molecule has 0 bridgehead atoms. The van der Waals surface area contributed by atoms with E-state index in [1.807, 2.05) is 0 Å². The molecule has 0 saturated carbocycles. The number of rotatable bonds is 4. The van der Waals surface area contributed by atoms with Gasteiger partial charge >= 0.3 is 0 Å². The Balaban J connectivity index is 2.30. The van der Waals surface area contributed by atoms with Gasteiger partial charge in [0.25, 0.3) is 10.0 Å². The van der Waals surface area contributed by atoms with Crippen molar-refractivity contribution >= 4 is 19.9 Å². The maximum Gasteiger partial charge on any atom is 0.260 e. The van der Waals surface area contributed by atoms with E-state index in [1.165, 1.54) is 13.2 Å². The number of aliphatic hydroxyl groups excluding tert-OH is 1. The summed E-state index contributed by atoms with van der Waals surface area (Å²) >= 11 is 0. The van der Waals surface area contributed by atoms with Gasteiger partial charge in [-0.1, -0.05) is 0 Å². The molecular formula is C9H15N3O5S2. The molecule has 1 unspecified atom stereocenters. The van der Waals surface area contributed by atoms with E-state index in [0.717, 1.165) is 4.31 Å². The van der Waals surface area contributed by atoms with E-state index in [1.54, 1.807) is 0 Å². The standard InChI is InChI=1S/C9H15N3O5S2/c1-12(8-2-3-18(14,15)6-8)19(16,17)9-7(5-13)4-10-11-9/h4,8,13H,2-3,5-6H2,1H3,(H,10,11). The third-order valence-electron chi connectivity index (χ3n) is 3.21. The van der Waals surface area contributed by atoms with Crippen molar-refractivity contribution in [2.24, 2.45) is 0 Å². The first-order chi connectivity index (χ1) is 8.78. The van der Waals surface area contributed by atoms with Crippen molar-refractivity contribution in [3.05, 3.63) is 11.8 Å². The van der Waals surface area contributed by atoms with Crippen molar-refractivity contribution < 1.29 is 21.9 Å². The fraction of sp³-hybridized carbons (Fsp3) is 0.667. The van der Waals surface area contributed by atoms with E-state index in [-0.39, 0.29) is 28.5 Å². The molecule has 1 aromatic heterocycles. The van der Waals surface area contributed by atoms with Gasteiger partial charge in [-0.3, -0.25) is 5.10 Å². The maximum absolute atomic E-state index is 12.3. The molecule has 1 atom stereocenters. The van der Waals surface area contributed by atoms with Crippen LogP contribution in [0.4, 0.5) is 0 Å². The van der Waals surface area contributed by atoms with Crippen molar-refractivity contribution in [2.45, 2.75) is 24.1 Å². The van der Waals surface area contributed by atoms with Gasteiger partial charge in [-0.15, -0.1) is 0 Å². The third kappa shape index (κ3) is 2.66. The molecule has 2 N–H and O–H groups in total. The van der Waals surface area contributed by atoms with E-state index in [2.05, 4.69) is 10.2 Å². The Morgan fingerprint density at radius 1 is 1.58 bits per heavy atom. The number of hydrogen-bond donors (Lipinski definition) is 2. The predicted molar refractivity (Wildman–Crippen MR) is 66.5 cm³/mol. The molecule has 0 amide bonds. The van der Waals surface area contributed by atoms with E-state index in [9.17, 15) is 16.8 Å². The highest BCUT2D eigenvalue weighted by Crippen LogP contribution is 2.24. The summed E-state index contributed by atoms with van der Waals surface area (Å²) in [5.41, 5.74) is 0.160. The molecule has 1 fully saturated rings. The maximum atomic E-state index is 12.3. The Kier molecular flexibility index (Phi) is 3.69. The van der Waals surface area contributed by atoms with E-state index in [4.69, 9.17) is 5.11 Å². The van der Waals surface area contributed by atoms with Crippen LogP contribution in [0.2, 0.25) is 0 Å². The first-order valence-electron chi connectivity index (χ1n) is 5.59. The average Bonchev–Trinajstić information content (AvgIpc) is 2.94. The van der Waals surface area contributed by atoms with Gasteiger partial charge in [0.15, 0.2) is 14.9 Å². The molecule has 0 aliphatic carbocycles. The summed E-state index contributed by atoms with van der Waals surface area (Å²) in [7, 11) is -5.71. The largest absolute Gasteiger partial charge is 0.392 e. The number of hydrogen-bond acceptors (Lipinski definition) is 6. The molecule has 2 heterocycles. The summed E-state index contributed by atoms with van der Waals surface area (Å²) < 4.78 is 48.5. The zero-order valence-electron chi connectivity index (χ0n) is 10.3. The van der Waals surface area contributed by atoms with Gasteiger partial charge in [0, 0.05) is 18.7 Å². The Hall–Kier alpha value is -0.970. The second-order valence-electron chi connectivity index (χ2n) is 4.46. The molecule has 0 radical (unpaired) electrons. The highest BCUT2D eigenvalue weighted by molar-refractivity contribution is 7.92. The first kappa shape index (κ1) is 14.4. The minimum absolute atomic E-state index is 0.00659. The summed E-state index contributed by atoms with van der Waals surface area (Å²) in [6, 6.07) is -0.579. The predicted octanol–water partition coefficient (Wildman–Crippen LogP) is -1.29. The number of sulfonamides is 1. The van der Waals surface area contributed by atoms with E-state index >= 15 is 0 Å². The Morgan fingerprint density at radius 3 is 2.79 bits per heavy atom. The van der Waals surface area contributed by atoms with Crippen molar-refractivity contribution in [1.82, 2.24) is 14.5 Å². The highest BCUT2D eigenvalue weighted by Gasteiger charge is 2.37. The average molecular weight is 309 g/mol. The second kappa shape index (κ2) is 4.85. The molecule has 108 valence electrons. The Morgan fingerprint density at radius 2 is 2.26 bits per heavy atom. The Bertz CT molecular complexity index is 664. The number of aromatic nitrogens is 2. The molecule has 19 heavy (non-hydrogen) atoms. The number of aliphatic hydroxyl groups is 1. The normalized spacial score (nSPS) is 23.0. The summed E-state index contributed by atoms with van der Waals surface area (Å²) in [5.74, 6) is -0.182. The van der Waals surface area contributed by atoms with E-state index in [0.29, 0.717) is 0 Å². The fourth-order valence-corrected chi connectivity index (χ4v) is 5.38. The van der Waals surface area contributed by atoms with Crippen LogP contribution in [0.25, 0.3) is 0 Å². The topological polar surface area (TPSA) is 120 Å².